The van der Waals surface area contributed by atoms with Gasteiger partial charge in [0, 0.05) is 6.66 Å². The van der Waals surface area contributed by atoms with Crippen LogP contribution in [0.3, 0.4) is 0 Å². The van der Waals surface area contributed by atoms with Crippen LogP contribution in [0.25, 0.3) is 0 Å². The maximum absolute atomic E-state index is 11.9. The van der Waals surface area contributed by atoms with Crippen molar-refractivity contribution in [3.05, 3.63) is 0 Å². The van der Waals surface area contributed by atoms with Crippen molar-refractivity contribution in [2.45, 2.75) is 33.2 Å². The van der Waals surface area contributed by atoms with Gasteiger partial charge in [-0.3, -0.25) is 9.36 Å². The summed E-state index contributed by atoms with van der Waals surface area (Å²) in [5.74, 6) is -0.103. The largest absolute Gasteiger partial charge is 0.468 e. The highest BCUT2D eigenvalue weighted by atomic mass is 31.2. The summed E-state index contributed by atoms with van der Waals surface area (Å²) in [6.45, 7) is 7.54. The number of hydrogen-bond acceptors (Lipinski definition) is 4. The van der Waals surface area contributed by atoms with Crippen molar-refractivity contribution in [2.24, 2.45) is 5.92 Å². The van der Waals surface area contributed by atoms with E-state index in [2.05, 4.69) is 9.82 Å². The van der Waals surface area contributed by atoms with Gasteiger partial charge in [0.1, 0.15) is 6.04 Å². The quantitative estimate of drug-likeness (QED) is 0.554. The van der Waals surface area contributed by atoms with Crippen molar-refractivity contribution in [1.29, 1.82) is 0 Å². The highest BCUT2D eigenvalue weighted by Gasteiger charge is 2.27. The Balaban J connectivity index is 4.53. The molecule has 0 aromatic carbocycles. The van der Waals surface area contributed by atoms with Crippen LogP contribution in [0.15, 0.2) is 0 Å². The molecule has 0 aromatic rings. The lowest BCUT2D eigenvalue weighted by Crippen LogP contribution is -2.37. The lowest BCUT2D eigenvalue weighted by Gasteiger charge is -2.22. The lowest BCUT2D eigenvalue weighted by molar-refractivity contribution is -0.143. The van der Waals surface area contributed by atoms with Crippen LogP contribution < -0.4 is 5.09 Å². The monoisotopic (exact) mass is 251 g/mol. The molecule has 0 aliphatic rings. The zero-order chi connectivity index (χ0) is 12.8. The standard InChI is InChI=1S/C10H22NO4P/c1-6-15-16(5,13)11-9(7-8(2)3)10(12)14-4/h8-9H,6-7H2,1-5H3,(H,11,13)/t9-,16?/m0/s1. The van der Waals surface area contributed by atoms with Gasteiger partial charge < -0.3 is 9.26 Å². The molecule has 0 bridgehead atoms. The van der Waals surface area contributed by atoms with Gasteiger partial charge in [0.05, 0.1) is 13.7 Å². The van der Waals surface area contributed by atoms with Crippen LogP contribution in [0.5, 0.6) is 0 Å². The Labute approximate surface area is 97.4 Å². The molecule has 0 rings (SSSR count). The first kappa shape index (κ1) is 15.6. The summed E-state index contributed by atoms with van der Waals surface area (Å²) in [5, 5.41) is 2.74. The van der Waals surface area contributed by atoms with E-state index in [4.69, 9.17) is 4.52 Å². The number of carbonyl (C=O) groups is 1. The smallest absolute Gasteiger partial charge is 0.323 e. The van der Waals surface area contributed by atoms with Crippen LogP contribution in [0.4, 0.5) is 0 Å². The summed E-state index contributed by atoms with van der Waals surface area (Å²) in [4.78, 5) is 11.5. The number of carbonyl (C=O) groups excluding carboxylic acids is 1. The topological polar surface area (TPSA) is 64.6 Å². The number of esters is 1. The van der Waals surface area contributed by atoms with Gasteiger partial charge in [-0.1, -0.05) is 13.8 Å². The first-order valence-electron chi connectivity index (χ1n) is 5.40. The van der Waals surface area contributed by atoms with Crippen LogP contribution in [-0.4, -0.2) is 32.4 Å². The SMILES string of the molecule is CCOP(C)(=O)N[C@@H](CC(C)C)C(=O)OC. The molecule has 0 saturated carbocycles. The number of rotatable bonds is 7. The van der Waals surface area contributed by atoms with E-state index in [9.17, 15) is 9.36 Å². The number of nitrogens with one attached hydrogen (secondary N) is 1. The summed E-state index contributed by atoms with van der Waals surface area (Å²) in [6.07, 6.45) is 0.567. The Morgan fingerprint density at radius 3 is 2.38 bits per heavy atom. The molecule has 0 heterocycles. The van der Waals surface area contributed by atoms with Gasteiger partial charge in [0.25, 0.3) is 7.52 Å². The maximum Gasteiger partial charge on any atom is 0.323 e. The van der Waals surface area contributed by atoms with Crippen molar-refractivity contribution >= 4 is 13.5 Å². The molecule has 0 aliphatic heterocycles. The summed E-state index contributed by atoms with van der Waals surface area (Å²) < 4.78 is 21.6. The molecule has 2 atom stereocenters. The molecule has 0 spiro atoms. The van der Waals surface area contributed by atoms with E-state index >= 15 is 0 Å². The molecule has 0 fully saturated rings. The average Bonchev–Trinajstić information content (AvgIpc) is 2.14. The molecular formula is C10H22NO4P. The second-order valence-electron chi connectivity index (χ2n) is 4.10. The minimum Gasteiger partial charge on any atom is -0.468 e. The van der Waals surface area contributed by atoms with Gasteiger partial charge in [0.15, 0.2) is 0 Å². The highest BCUT2D eigenvalue weighted by molar-refractivity contribution is 7.56. The molecule has 0 aliphatic carbocycles. The summed E-state index contributed by atoms with van der Waals surface area (Å²) in [6, 6.07) is -0.576. The molecule has 5 nitrogen and oxygen atoms in total. The summed E-state index contributed by atoms with van der Waals surface area (Å²) in [5.41, 5.74) is 0. The normalized spacial score (nSPS) is 16.9. The molecule has 6 heteroatoms. The summed E-state index contributed by atoms with van der Waals surface area (Å²) >= 11 is 0. The predicted molar refractivity (Wildman–Crippen MR) is 63.6 cm³/mol. The van der Waals surface area contributed by atoms with E-state index in [0.29, 0.717) is 18.9 Å². The first-order valence-corrected chi connectivity index (χ1v) is 7.47. The zero-order valence-corrected chi connectivity index (χ0v) is 11.5. The minimum absolute atomic E-state index is 0.304. The van der Waals surface area contributed by atoms with E-state index in [1.807, 2.05) is 13.8 Å². The molecule has 0 amide bonds. The summed E-state index contributed by atoms with van der Waals surface area (Å²) in [7, 11) is -1.60. The molecule has 0 radical (unpaired) electrons. The van der Waals surface area contributed by atoms with Gasteiger partial charge in [-0.15, -0.1) is 0 Å². The average molecular weight is 251 g/mol. The van der Waals surface area contributed by atoms with E-state index < -0.39 is 19.5 Å². The Bertz CT molecular complexity index is 268. The first-order chi connectivity index (χ1) is 7.32. The van der Waals surface area contributed by atoms with Crippen molar-refractivity contribution in [3.8, 4) is 0 Å². The van der Waals surface area contributed by atoms with Crippen LogP contribution in [0.1, 0.15) is 27.2 Å². The van der Waals surface area contributed by atoms with Crippen molar-refractivity contribution in [2.75, 3.05) is 20.4 Å². The Kier molecular flexibility index (Phi) is 6.88. The van der Waals surface area contributed by atoms with E-state index in [1.54, 1.807) is 6.92 Å². The predicted octanol–water partition coefficient (Wildman–Crippen LogP) is 2.02. The highest BCUT2D eigenvalue weighted by Crippen LogP contribution is 2.38. The number of ether oxygens (including phenoxy) is 1. The van der Waals surface area contributed by atoms with Gasteiger partial charge in [-0.2, -0.15) is 0 Å². The van der Waals surface area contributed by atoms with Gasteiger partial charge in [0.2, 0.25) is 0 Å². The minimum atomic E-state index is -2.92. The van der Waals surface area contributed by atoms with E-state index in [1.165, 1.54) is 13.8 Å². The van der Waals surface area contributed by atoms with E-state index in [0.717, 1.165) is 0 Å². The third kappa shape index (κ3) is 6.26. The van der Waals surface area contributed by atoms with Gasteiger partial charge in [-0.05, 0) is 19.3 Å². The van der Waals surface area contributed by atoms with Crippen molar-refractivity contribution in [1.82, 2.24) is 5.09 Å². The Morgan fingerprint density at radius 1 is 1.44 bits per heavy atom. The Hall–Kier alpha value is -0.380. The van der Waals surface area contributed by atoms with Gasteiger partial charge >= 0.3 is 5.97 Å². The van der Waals surface area contributed by atoms with Crippen molar-refractivity contribution in [3.63, 3.8) is 0 Å². The Morgan fingerprint density at radius 2 is 2.00 bits per heavy atom. The third-order valence-electron chi connectivity index (χ3n) is 1.96. The van der Waals surface area contributed by atoms with Crippen LogP contribution in [0.2, 0.25) is 0 Å². The molecule has 96 valence electrons. The fraction of sp³-hybridized carbons (Fsp3) is 0.900. The van der Waals surface area contributed by atoms with Crippen molar-refractivity contribution < 1.29 is 18.6 Å². The molecular weight excluding hydrogens is 229 g/mol. The lowest BCUT2D eigenvalue weighted by atomic mass is 10.1. The van der Waals surface area contributed by atoms with Crippen LogP contribution in [0, 0.1) is 5.92 Å². The fourth-order valence-electron chi connectivity index (χ4n) is 1.38. The molecule has 0 aromatic heterocycles. The molecule has 0 saturated heterocycles. The van der Waals surface area contributed by atoms with Crippen LogP contribution >= 0.6 is 7.52 Å². The van der Waals surface area contributed by atoms with E-state index in [-0.39, 0.29) is 0 Å². The molecule has 16 heavy (non-hydrogen) atoms. The molecule has 1 unspecified atom stereocenters. The number of methoxy groups -OCH3 is 1. The van der Waals surface area contributed by atoms with Gasteiger partial charge in [-0.25, -0.2) is 5.09 Å². The second kappa shape index (κ2) is 7.05. The fourth-order valence-corrected chi connectivity index (χ4v) is 2.73. The van der Waals surface area contributed by atoms with Crippen LogP contribution in [-0.2, 0) is 18.6 Å². The number of hydrogen-bond donors (Lipinski definition) is 1. The maximum atomic E-state index is 11.9. The second-order valence-corrected chi connectivity index (χ2v) is 6.31. The molecule has 1 N–H and O–H groups in total. The zero-order valence-electron chi connectivity index (χ0n) is 10.6. The third-order valence-corrected chi connectivity index (χ3v) is 3.49.